The zero-order valence-electron chi connectivity index (χ0n) is 14.9. The lowest BCUT2D eigenvalue weighted by molar-refractivity contribution is 0.0942. The van der Waals surface area contributed by atoms with Crippen LogP contribution in [0.3, 0.4) is 0 Å². The molecule has 0 spiro atoms. The van der Waals surface area contributed by atoms with Crippen LogP contribution in [-0.2, 0) is 0 Å². The first-order valence-corrected chi connectivity index (χ1v) is 9.32. The van der Waals surface area contributed by atoms with E-state index in [1.54, 1.807) is 23.5 Å². The maximum atomic E-state index is 12.4. The molecule has 0 aliphatic rings. The number of thiophene rings is 1. The molecule has 0 bridgehead atoms. The van der Waals surface area contributed by atoms with Crippen LogP contribution in [0.5, 0.6) is 11.5 Å². The first-order valence-electron chi connectivity index (χ1n) is 8.44. The Morgan fingerprint density at radius 1 is 1.00 bits per heavy atom. The van der Waals surface area contributed by atoms with Gasteiger partial charge in [0.05, 0.1) is 6.04 Å². The minimum absolute atomic E-state index is 0.0836. The van der Waals surface area contributed by atoms with E-state index >= 15 is 0 Å². The van der Waals surface area contributed by atoms with E-state index in [2.05, 4.69) is 21.7 Å². The molecule has 1 N–H and O–H groups in total. The number of carbonyl (C=O) groups is 1. The molecule has 5 heteroatoms. The van der Waals surface area contributed by atoms with Gasteiger partial charge in [0.15, 0.2) is 0 Å². The fourth-order valence-electron chi connectivity index (χ4n) is 2.61. The van der Waals surface area contributed by atoms with E-state index in [9.17, 15) is 4.79 Å². The van der Waals surface area contributed by atoms with Crippen LogP contribution in [-0.4, -0.2) is 31.4 Å². The summed E-state index contributed by atoms with van der Waals surface area (Å²) in [5.74, 6) is 1.40. The lowest BCUT2D eigenvalue weighted by Crippen LogP contribution is -2.34. The Hall–Kier alpha value is -2.63. The number of hydrogen-bond donors (Lipinski definition) is 1. The van der Waals surface area contributed by atoms with E-state index in [-0.39, 0.29) is 11.9 Å². The standard InChI is InChI=1S/C21H22N2O2S/c1-23(2)19(20-9-6-14-26-20)15-22-21(24)16-10-12-18(13-11-16)25-17-7-4-3-5-8-17/h3-14,19H,15H2,1-2H3,(H,22,24)/t19-/m1/s1. The third-order valence-electron chi connectivity index (χ3n) is 4.05. The lowest BCUT2D eigenvalue weighted by atomic mass is 10.2. The number of para-hydroxylation sites is 1. The second-order valence-corrected chi connectivity index (χ2v) is 7.12. The van der Waals surface area contributed by atoms with E-state index in [1.165, 1.54) is 4.88 Å². The Morgan fingerprint density at radius 3 is 2.31 bits per heavy atom. The molecule has 134 valence electrons. The van der Waals surface area contributed by atoms with Gasteiger partial charge < -0.3 is 15.0 Å². The van der Waals surface area contributed by atoms with Crippen molar-refractivity contribution in [3.05, 3.63) is 82.6 Å². The molecule has 0 saturated carbocycles. The highest BCUT2D eigenvalue weighted by Crippen LogP contribution is 2.23. The Bertz CT molecular complexity index is 815. The van der Waals surface area contributed by atoms with E-state index < -0.39 is 0 Å². The Morgan fingerprint density at radius 2 is 1.69 bits per heavy atom. The predicted octanol–water partition coefficient (Wildman–Crippen LogP) is 4.57. The summed E-state index contributed by atoms with van der Waals surface area (Å²) in [6.07, 6.45) is 0. The highest BCUT2D eigenvalue weighted by molar-refractivity contribution is 7.10. The van der Waals surface area contributed by atoms with Gasteiger partial charge in [0.25, 0.3) is 5.91 Å². The third-order valence-corrected chi connectivity index (χ3v) is 5.02. The summed E-state index contributed by atoms with van der Waals surface area (Å²) < 4.78 is 5.75. The van der Waals surface area contributed by atoms with Gasteiger partial charge in [-0.25, -0.2) is 0 Å². The minimum atomic E-state index is -0.0836. The Labute approximate surface area is 158 Å². The summed E-state index contributed by atoms with van der Waals surface area (Å²) in [6.45, 7) is 0.564. The second kappa shape index (κ2) is 8.65. The smallest absolute Gasteiger partial charge is 0.251 e. The van der Waals surface area contributed by atoms with Crippen LogP contribution in [0.25, 0.3) is 0 Å². The Balaban J connectivity index is 1.59. The fraction of sp³-hybridized carbons (Fsp3) is 0.190. The summed E-state index contributed by atoms with van der Waals surface area (Å²) in [5, 5.41) is 5.08. The van der Waals surface area contributed by atoms with Crippen molar-refractivity contribution in [1.82, 2.24) is 10.2 Å². The number of hydrogen-bond acceptors (Lipinski definition) is 4. The first-order chi connectivity index (χ1) is 12.6. The van der Waals surface area contributed by atoms with Crippen molar-refractivity contribution in [1.29, 1.82) is 0 Å². The monoisotopic (exact) mass is 366 g/mol. The minimum Gasteiger partial charge on any atom is -0.457 e. The van der Waals surface area contributed by atoms with Gasteiger partial charge in [-0.3, -0.25) is 4.79 Å². The topological polar surface area (TPSA) is 41.6 Å². The average Bonchev–Trinajstić information content (AvgIpc) is 3.17. The number of ether oxygens (including phenoxy) is 1. The summed E-state index contributed by atoms with van der Waals surface area (Å²) in [6, 6.07) is 21.1. The molecule has 26 heavy (non-hydrogen) atoms. The van der Waals surface area contributed by atoms with Gasteiger partial charge in [-0.1, -0.05) is 24.3 Å². The van der Waals surface area contributed by atoms with Crippen LogP contribution >= 0.6 is 11.3 Å². The van der Waals surface area contributed by atoms with Crippen LogP contribution in [0.4, 0.5) is 0 Å². The normalized spacial score (nSPS) is 12.0. The summed E-state index contributed by atoms with van der Waals surface area (Å²) >= 11 is 1.70. The maximum absolute atomic E-state index is 12.4. The summed E-state index contributed by atoms with van der Waals surface area (Å²) in [5.41, 5.74) is 0.620. The van der Waals surface area contributed by atoms with Crippen molar-refractivity contribution in [3.63, 3.8) is 0 Å². The van der Waals surface area contributed by atoms with Crippen LogP contribution < -0.4 is 10.1 Å². The van der Waals surface area contributed by atoms with E-state index in [0.29, 0.717) is 17.9 Å². The molecule has 0 fully saturated rings. The van der Waals surface area contributed by atoms with Gasteiger partial charge in [0.2, 0.25) is 0 Å². The van der Waals surface area contributed by atoms with E-state index in [4.69, 9.17) is 4.74 Å². The van der Waals surface area contributed by atoms with Crippen molar-refractivity contribution in [2.75, 3.05) is 20.6 Å². The molecule has 1 heterocycles. The highest BCUT2D eigenvalue weighted by atomic mass is 32.1. The largest absolute Gasteiger partial charge is 0.457 e. The van der Waals surface area contributed by atoms with Gasteiger partial charge in [0, 0.05) is 17.0 Å². The molecule has 0 saturated heterocycles. The van der Waals surface area contributed by atoms with E-state index in [0.717, 1.165) is 5.75 Å². The second-order valence-electron chi connectivity index (χ2n) is 6.14. The number of likely N-dealkylation sites (N-methyl/N-ethyl adjacent to an activating group) is 1. The Kier molecular flexibility index (Phi) is 6.04. The van der Waals surface area contributed by atoms with E-state index in [1.807, 2.05) is 62.6 Å². The molecule has 4 nitrogen and oxygen atoms in total. The maximum Gasteiger partial charge on any atom is 0.251 e. The van der Waals surface area contributed by atoms with Gasteiger partial charge >= 0.3 is 0 Å². The zero-order valence-corrected chi connectivity index (χ0v) is 15.7. The number of carbonyl (C=O) groups excluding carboxylic acids is 1. The van der Waals surface area contributed by atoms with Crippen LogP contribution in [0.15, 0.2) is 72.1 Å². The molecule has 3 aromatic rings. The average molecular weight is 366 g/mol. The SMILES string of the molecule is CN(C)[C@H](CNC(=O)c1ccc(Oc2ccccc2)cc1)c1cccs1. The molecule has 1 atom stereocenters. The lowest BCUT2D eigenvalue weighted by Gasteiger charge is -2.23. The zero-order chi connectivity index (χ0) is 18.4. The van der Waals surface area contributed by atoms with Crippen LogP contribution in [0, 0.1) is 0 Å². The molecule has 0 aliphatic heterocycles. The predicted molar refractivity (Wildman–Crippen MR) is 106 cm³/mol. The molecule has 0 radical (unpaired) electrons. The van der Waals surface area contributed by atoms with Crippen molar-refractivity contribution < 1.29 is 9.53 Å². The van der Waals surface area contributed by atoms with Crippen molar-refractivity contribution >= 4 is 17.2 Å². The molecule has 0 aliphatic carbocycles. The molecule has 2 aromatic carbocycles. The third kappa shape index (κ3) is 4.71. The number of rotatable bonds is 7. The number of nitrogens with zero attached hydrogens (tertiary/aromatic N) is 1. The van der Waals surface area contributed by atoms with Gasteiger partial charge in [-0.2, -0.15) is 0 Å². The number of nitrogens with one attached hydrogen (secondary N) is 1. The van der Waals surface area contributed by atoms with Crippen LogP contribution in [0.2, 0.25) is 0 Å². The summed E-state index contributed by atoms with van der Waals surface area (Å²) in [4.78, 5) is 15.8. The molecular formula is C21H22N2O2S. The summed E-state index contributed by atoms with van der Waals surface area (Å²) in [7, 11) is 4.04. The van der Waals surface area contributed by atoms with Gasteiger partial charge in [-0.05, 0) is 61.9 Å². The number of amides is 1. The molecule has 1 amide bonds. The van der Waals surface area contributed by atoms with Crippen molar-refractivity contribution in [2.24, 2.45) is 0 Å². The highest BCUT2D eigenvalue weighted by Gasteiger charge is 2.16. The van der Waals surface area contributed by atoms with Crippen LogP contribution in [0.1, 0.15) is 21.3 Å². The molecule has 0 unspecified atom stereocenters. The van der Waals surface area contributed by atoms with Crippen molar-refractivity contribution in [2.45, 2.75) is 6.04 Å². The fourth-order valence-corrected chi connectivity index (χ4v) is 3.53. The molecular weight excluding hydrogens is 344 g/mol. The van der Waals surface area contributed by atoms with Gasteiger partial charge in [-0.15, -0.1) is 11.3 Å². The number of benzene rings is 2. The van der Waals surface area contributed by atoms with Gasteiger partial charge in [0.1, 0.15) is 11.5 Å². The van der Waals surface area contributed by atoms with Crippen molar-refractivity contribution in [3.8, 4) is 11.5 Å². The first kappa shape index (κ1) is 18.2. The quantitative estimate of drug-likeness (QED) is 0.666. The molecule has 1 aromatic heterocycles. The molecule has 3 rings (SSSR count).